The van der Waals surface area contributed by atoms with Gasteiger partial charge >= 0.3 is 0 Å². The molecule has 1 saturated carbocycles. The summed E-state index contributed by atoms with van der Waals surface area (Å²) in [5, 5.41) is 0. The van der Waals surface area contributed by atoms with Crippen LogP contribution >= 0.6 is 0 Å². The Morgan fingerprint density at radius 3 is 2.94 bits per heavy atom. The van der Waals surface area contributed by atoms with Gasteiger partial charge < -0.3 is 4.74 Å². The van der Waals surface area contributed by atoms with E-state index in [9.17, 15) is 0 Å². The van der Waals surface area contributed by atoms with Crippen LogP contribution < -0.4 is 0 Å². The Balaban J connectivity index is 2.51. The van der Waals surface area contributed by atoms with Gasteiger partial charge in [-0.15, -0.1) is 0 Å². The average molecular weight is 225 g/mol. The predicted octanol–water partition coefficient (Wildman–Crippen LogP) is 3.23. The Kier molecular flexibility index (Phi) is 6.74. The summed E-state index contributed by atoms with van der Waals surface area (Å²) in [7, 11) is 4.04. The van der Waals surface area contributed by atoms with E-state index >= 15 is 0 Å². The molecule has 0 saturated heterocycles. The molecule has 2 nitrogen and oxygen atoms in total. The fraction of sp³-hybridized carbons (Fsp3) is 0.857. The molecule has 1 unspecified atom stereocenters. The minimum absolute atomic E-state index is 0.676. The maximum absolute atomic E-state index is 5.16. The number of ether oxygens (including phenoxy) is 1. The normalized spacial score (nSPS) is 24.2. The largest absolute Gasteiger partial charge is 0.381 e. The Bertz CT molecular complexity index is 213. The highest BCUT2D eigenvalue weighted by molar-refractivity contribution is 5.13. The molecule has 0 amide bonds. The third kappa shape index (κ3) is 4.26. The van der Waals surface area contributed by atoms with Crippen molar-refractivity contribution in [2.24, 2.45) is 0 Å². The minimum Gasteiger partial charge on any atom is -0.381 e. The van der Waals surface area contributed by atoms with Crippen LogP contribution in [0.1, 0.15) is 45.4 Å². The molecule has 16 heavy (non-hydrogen) atoms. The third-order valence-corrected chi connectivity index (χ3v) is 3.53. The van der Waals surface area contributed by atoms with Crippen LogP contribution in [-0.4, -0.2) is 38.3 Å². The number of hydrogen-bond donors (Lipinski definition) is 0. The van der Waals surface area contributed by atoms with E-state index in [1.807, 2.05) is 0 Å². The molecule has 1 aliphatic carbocycles. The summed E-state index contributed by atoms with van der Waals surface area (Å²) in [4.78, 5) is 2.53. The van der Waals surface area contributed by atoms with Crippen molar-refractivity contribution in [1.82, 2.24) is 4.90 Å². The van der Waals surface area contributed by atoms with Crippen LogP contribution in [-0.2, 0) is 4.74 Å². The lowest BCUT2D eigenvalue weighted by Crippen LogP contribution is -2.36. The molecule has 0 radical (unpaired) electrons. The van der Waals surface area contributed by atoms with E-state index in [4.69, 9.17) is 4.74 Å². The molecule has 2 heteroatoms. The van der Waals surface area contributed by atoms with Gasteiger partial charge in [0.1, 0.15) is 0 Å². The Labute approximate surface area is 101 Å². The zero-order chi connectivity index (χ0) is 11.8. The number of hydrogen-bond acceptors (Lipinski definition) is 2. The van der Waals surface area contributed by atoms with Crippen LogP contribution in [0.25, 0.3) is 0 Å². The first-order valence-electron chi connectivity index (χ1n) is 6.67. The number of likely N-dealkylation sites (N-methyl/N-ethyl adjacent to an activating group) is 1. The van der Waals surface area contributed by atoms with Gasteiger partial charge in [0.2, 0.25) is 0 Å². The minimum atomic E-state index is 0.676. The molecule has 0 aromatic rings. The van der Waals surface area contributed by atoms with Crippen molar-refractivity contribution in [3.05, 3.63) is 11.6 Å². The summed E-state index contributed by atoms with van der Waals surface area (Å²) < 4.78 is 5.16. The van der Waals surface area contributed by atoms with Gasteiger partial charge in [0.05, 0.1) is 6.61 Å². The molecule has 0 heterocycles. The van der Waals surface area contributed by atoms with Gasteiger partial charge in [0, 0.05) is 13.2 Å². The van der Waals surface area contributed by atoms with E-state index < -0.39 is 0 Å². The zero-order valence-electron chi connectivity index (χ0n) is 11.2. The van der Waals surface area contributed by atoms with Gasteiger partial charge in [0.15, 0.2) is 0 Å². The second-order valence-electron chi connectivity index (χ2n) is 4.83. The van der Waals surface area contributed by atoms with Gasteiger partial charge in [-0.25, -0.2) is 0 Å². The van der Waals surface area contributed by atoms with Gasteiger partial charge in [-0.1, -0.05) is 31.4 Å². The Hall–Kier alpha value is -0.340. The number of unbranched alkanes of at least 4 members (excludes halogenated alkanes) is 1. The summed E-state index contributed by atoms with van der Waals surface area (Å²) in [5.41, 5.74) is 1.60. The molecule has 0 N–H and O–H groups in total. The zero-order valence-corrected chi connectivity index (χ0v) is 11.2. The van der Waals surface area contributed by atoms with E-state index in [2.05, 4.69) is 24.9 Å². The first kappa shape index (κ1) is 13.7. The molecule has 0 bridgehead atoms. The molecule has 94 valence electrons. The van der Waals surface area contributed by atoms with Crippen LogP contribution in [0.3, 0.4) is 0 Å². The first-order valence-corrected chi connectivity index (χ1v) is 6.67. The summed E-state index contributed by atoms with van der Waals surface area (Å²) >= 11 is 0. The van der Waals surface area contributed by atoms with Crippen molar-refractivity contribution >= 4 is 0 Å². The van der Waals surface area contributed by atoms with Crippen molar-refractivity contribution < 1.29 is 4.74 Å². The molecule has 0 aromatic carbocycles. The molecule has 0 spiro atoms. The smallest absolute Gasteiger partial charge is 0.0646 e. The van der Waals surface area contributed by atoms with E-state index in [-0.39, 0.29) is 0 Å². The monoisotopic (exact) mass is 225 g/mol. The predicted molar refractivity (Wildman–Crippen MR) is 69.8 cm³/mol. The van der Waals surface area contributed by atoms with Gasteiger partial charge in [-0.3, -0.25) is 4.90 Å². The topological polar surface area (TPSA) is 12.5 Å². The van der Waals surface area contributed by atoms with Crippen LogP contribution in [0.4, 0.5) is 0 Å². The Morgan fingerprint density at radius 2 is 2.25 bits per heavy atom. The van der Waals surface area contributed by atoms with Crippen molar-refractivity contribution in [3.8, 4) is 0 Å². The maximum Gasteiger partial charge on any atom is 0.0646 e. The van der Waals surface area contributed by atoms with Gasteiger partial charge in [-0.05, 0) is 39.3 Å². The first-order chi connectivity index (χ1) is 7.79. The summed E-state index contributed by atoms with van der Waals surface area (Å²) in [6.45, 7) is 4.26. The lowest BCUT2D eigenvalue weighted by molar-refractivity contribution is 0.218. The van der Waals surface area contributed by atoms with Crippen LogP contribution in [0.5, 0.6) is 0 Å². The number of rotatable bonds is 6. The lowest BCUT2D eigenvalue weighted by Gasteiger charge is -2.33. The SMILES string of the molecule is CCCCN(C)C1CCCCC1=CCOC. The van der Waals surface area contributed by atoms with E-state index in [1.165, 1.54) is 45.1 Å². The molecule has 1 atom stereocenters. The molecule has 0 aliphatic heterocycles. The fourth-order valence-corrected chi connectivity index (χ4v) is 2.51. The molecular formula is C14H27NO. The van der Waals surface area contributed by atoms with Crippen molar-refractivity contribution in [2.45, 2.75) is 51.5 Å². The highest BCUT2D eigenvalue weighted by atomic mass is 16.5. The van der Waals surface area contributed by atoms with E-state index in [1.54, 1.807) is 12.7 Å². The fourth-order valence-electron chi connectivity index (χ4n) is 2.51. The molecule has 1 rings (SSSR count). The molecular weight excluding hydrogens is 198 g/mol. The number of methoxy groups -OCH3 is 1. The van der Waals surface area contributed by atoms with Gasteiger partial charge in [0.25, 0.3) is 0 Å². The Morgan fingerprint density at radius 1 is 1.44 bits per heavy atom. The number of nitrogens with zero attached hydrogens (tertiary/aromatic N) is 1. The van der Waals surface area contributed by atoms with Crippen LogP contribution in [0.2, 0.25) is 0 Å². The third-order valence-electron chi connectivity index (χ3n) is 3.53. The lowest BCUT2D eigenvalue weighted by atomic mass is 9.88. The summed E-state index contributed by atoms with van der Waals surface area (Å²) in [6, 6.07) is 0.676. The van der Waals surface area contributed by atoms with Crippen LogP contribution in [0, 0.1) is 0 Å². The van der Waals surface area contributed by atoms with Crippen LogP contribution in [0.15, 0.2) is 11.6 Å². The standard InChI is InChI=1S/C14H27NO/c1-4-5-11-15(2)14-9-7-6-8-13(14)10-12-16-3/h10,14H,4-9,11-12H2,1-3H3. The molecule has 1 aliphatic rings. The maximum atomic E-state index is 5.16. The van der Waals surface area contributed by atoms with Gasteiger partial charge in [-0.2, -0.15) is 0 Å². The van der Waals surface area contributed by atoms with E-state index in [0.29, 0.717) is 6.04 Å². The quantitative estimate of drug-likeness (QED) is 0.643. The molecule has 0 aromatic heterocycles. The highest BCUT2D eigenvalue weighted by Gasteiger charge is 2.21. The van der Waals surface area contributed by atoms with Crippen molar-refractivity contribution in [1.29, 1.82) is 0 Å². The van der Waals surface area contributed by atoms with Crippen molar-refractivity contribution in [2.75, 3.05) is 27.3 Å². The average Bonchev–Trinajstić information content (AvgIpc) is 2.33. The van der Waals surface area contributed by atoms with E-state index in [0.717, 1.165) is 6.61 Å². The highest BCUT2D eigenvalue weighted by Crippen LogP contribution is 2.27. The molecule has 1 fully saturated rings. The second-order valence-corrected chi connectivity index (χ2v) is 4.83. The van der Waals surface area contributed by atoms with Crippen molar-refractivity contribution in [3.63, 3.8) is 0 Å². The summed E-state index contributed by atoms with van der Waals surface area (Å²) in [6.07, 6.45) is 10.2. The second kappa shape index (κ2) is 7.86. The summed E-state index contributed by atoms with van der Waals surface area (Å²) in [5.74, 6) is 0.